The van der Waals surface area contributed by atoms with Crippen LogP contribution >= 0.6 is 11.8 Å². The van der Waals surface area contributed by atoms with Gasteiger partial charge in [0.05, 0.1) is 0 Å². The molecule has 1 amide bonds. The lowest BCUT2D eigenvalue weighted by Gasteiger charge is -2.13. The summed E-state index contributed by atoms with van der Waals surface area (Å²) in [5.41, 5.74) is 6.11. The summed E-state index contributed by atoms with van der Waals surface area (Å²) in [4.78, 5) is 12.0. The van der Waals surface area contributed by atoms with Gasteiger partial charge in [0.2, 0.25) is 0 Å². The van der Waals surface area contributed by atoms with E-state index in [9.17, 15) is 9.18 Å². The predicted molar refractivity (Wildman–Crippen MR) is 77.8 cm³/mol. The Balaban J connectivity index is 1.94. The van der Waals surface area contributed by atoms with E-state index in [1.54, 1.807) is 0 Å². The smallest absolute Gasteiger partial charge is 0.251 e. The Kier molecular flexibility index (Phi) is 4.69. The molecule has 19 heavy (non-hydrogen) atoms. The number of nitrogen functional groups attached to an aromatic ring is 1. The monoisotopic (exact) mass is 282 g/mol. The van der Waals surface area contributed by atoms with E-state index in [2.05, 4.69) is 12.2 Å². The van der Waals surface area contributed by atoms with Crippen molar-refractivity contribution in [1.82, 2.24) is 5.32 Å². The summed E-state index contributed by atoms with van der Waals surface area (Å²) in [5.74, 6) is 0.389. The average Bonchev–Trinajstić information content (AvgIpc) is 2.76. The van der Waals surface area contributed by atoms with Crippen LogP contribution in [0.15, 0.2) is 18.2 Å². The molecule has 1 aromatic carbocycles. The molecule has 3 N–H and O–H groups in total. The van der Waals surface area contributed by atoms with Crippen LogP contribution in [0.5, 0.6) is 0 Å². The Morgan fingerprint density at radius 3 is 2.95 bits per heavy atom. The molecular formula is C14H19FN2OS. The van der Waals surface area contributed by atoms with Gasteiger partial charge in [-0.05, 0) is 43.2 Å². The summed E-state index contributed by atoms with van der Waals surface area (Å²) >= 11 is 1.94. The summed E-state index contributed by atoms with van der Waals surface area (Å²) in [6, 6.07) is 4.13. The minimum atomic E-state index is -0.476. The molecule has 104 valence electrons. The highest BCUT2D eigenvalue weighted by Gasteiger charge is 2.26. The molecule has 5 heteroatoms. The van der Waals surface area contributed by atoms with Gasteiger partial charge >= 0.3 is 0 Å². The Morgan fingerprint density at radius 2 is 2.26 bits per heavy atom. The highest BCUT2D eigenvalue weighted by atomic mass is 32.2. The second-order valence-corrected chi connectivity index (χ2v) is 6.41. The molecule has 0 heterocycles. The number of carbonyl (C=O) groups is 1. The van der Waals surface area contributed by atoms with Crippen LogP contribution in [0.25, 0.3) is 0 Å². The second kappa shape index (κ2) is 6.28. The van der Waals surface area contributed by atoms with Crippen LogP contribution in [-0.4, -0.2) is 23.0 Å². The lowest BCUT2D eigenvalue weighted by molar-refractivity contribution is 0.0937. The third kappa shape index (κ3) is 3.86. The number of nitrogens with one attached hydrogen (secondary N) is 1. The molecule has 0 saturated heterocycles. The van der Waals surface area contributed by atoms with Crippen LogP contribution in [0.4, 0.5) is 10.1 Å². The molecule has 0 radical (unpaired) electrons. The third-order valence-corrected chi connectivity index (χ3v) is 4.54. The van der Waals surface area contributed by atoms with E-state index in [-0.39, 0.29) is 17.6 Å². The topological polar surface area (TPSA) is 55.1 Å². The van der Waals surface area contributed by atoms with E-state index in [4.69, 9.17) is 5.73 Å². The summed E-state index contributed by atoms with van der Waals surface area (Å²) in [6.45, 7) is 2.14. The summed E-state index contributed by atoms with van der Waals surface area (Å²) < 4.78 is 13.2. The molecule has 2 unspecified atom stereocenters. The van der Waals surface area contributed by atoms with E-state index < -0.39 is 5.82 Å². The van der Waals surface area contributed by atoms with Crippen LogP contribution in [0, 0.1) is 5.82 Å². The van der Waals surface area contributed by atoms with Crippen molar-refractivity contribution in [2.45, 2.75) is 37.5 Å². The number of benzene rings is 1. The first-order chi connectivity index (χ1) is 9.08. The number of rotatable bonds is 4. The molecule has 0 aliphatic heterocycles. The Hall–Kier alpha value is -1.23. The van der Waals surface area contributed by atoms with Gasteiger partial charge in [-0.25, -0.2) is 4.39 Å². The van der Waals surface area contributed by atoms with E-state index in [1.165, 1.54) is 18.2 Å². The van der Waals surface area contributed by atoms with Crippen molar-refractivity contribution in [2.24, 2.45) is 0 Å². The molecule has 1 aliphatic carbocycles. The third-order valence-electron chi connectivity index (χ3n) is 3.30. The van der Waals surface area contributed by atoms with E-state index in [0.717, 1.165) is 25.0 Å². The maximum atomic E-state index is 13.2. The molecular weight excluding hydrogens is 263 g/mol. The van der Waals surface area contributed by atoms with Crippen molar-refractivity contribution in [3.05, 3.63) is 29.6 Å². The highest BCUT2D eigenvalue weighted by Crippen LogP contribution is 2.29. The number of amides is 1. The maximum absolute atomic E-state index is 13.2. The first kappa shape index (κ1) is 14.2. The first-order valence-electron chi connectivity index (χ1n) is 6.57. The lowest BCUT2D eigenvalue weighted by Crippen LogP contribution is -2.33. The van der Waals surface area contributed by atoms with Gasteiger partial charge in [-0.1, -0.05) is 6.92 Å². The van der Waals surface area contributed by atoms with Gasteiger partial charge in [0.1, 0.15) is 5.82 Å². The zero-order chi connectivity index (χ0) is 13.8. The largest absolute Gasteiger partial charge is 0.399 e. The van der Waals surface area contributed by atoms with Crippen LogP contribution in [0.2, 0.25) is 0 Å². The molecule has 1 aliphatic rings. The van der Waals surface area contributed by atoms with Gasteiger partial charge in [0.25, 0.3) is 5.91 Å². The van der Waals surface area contributed by atoms with Crippen molar-refractivity contribution in [3.8, 4) is 0 Å². The lowest BCUT2D eigenvalue weighted by atomic mass is 10.1. The number of hydrogen-bond donors (Lipinski definition) is 2. The number of nitrogens with two attached hydrogens (primary N) is 1. The van der Waals surface area contributed by atoms with Gasteiger partial charge in [-0.15, -0.1) is 0 Å². The molecule has 1 aromatic rings. The fraction of sp³-hybridized carbons (Fsp3) is 0.500. The van der Waals surface area contributed by atoms with Gasteiger partial charge in [-0.2, -0.15) is 11.8 Å². The fourth-order valence-corrected chi connectivity index (χ4v) is 3.61. The average molecular weight is 282 g/mol. The molecule has 1 saturated carbocycles. The number of carbonyl (C=O) groups excluding carboxylic acids is 1. The van der Waals surface area contributed by atoms with Crippen LogP contribution in [-0.2, 0) is 0 Å². The second-order valence-electron chi connectivity index (χ2n) is 4.83. The van der Waals surface area contributed by atoms with Crippen molar-refractivity contribution >= 4 is 23.4 Å². The summed E-state index contributed by atoms with van der Waals surface area (Å²) in [7, 11) is 0. The van der Waals surface area contributed by atoms with E-state index >= 15 is 0 Å². The molecule has 2 rings (SSSR count). The number of halogens is 1. The highest BCUT2D eigenvalue weighted by molar-refractivity contribution is 7.99. The van der Waals surface area contributed by atoms with Crippen LogP contribution in [0.1, 0.15) is 36.5 Å². The SMILES string of the molecule is CCSC1CCC(NC(=O)c2cc(N)cc(F)c2)C1. The molecule has 3 nitrogen and oxygen atoms in total. The predicted octanol–water partition coefficient (Wildman–Crippen LogP) is 2.81. The molecule has 1 fully saturated rings. The molecule has 0 bridgehead atoms. The van der Waals surface area contributed by atoms with Crippen LogP contribution < -0.4 is 11.1 Å². The van der Waals surface area contributed by atoms with Crippen molar-refractivity contribution in [3.63, 3.8) is 0 Å². The number of anilines is 1. The molecule has 2 atom stereocenters. The maximum Gasteiger partial charge on any atom is 0.251 e. The fourth-order valence-electron chi connectivity index (χ4n) is 2.47. The molecule has 0 aromatic heterocycles. The Morgan fingerprint density at radius 1 is 1.47 bits per heavy atom. The minimum Gasteiger partial charge on any atom is -0.399 e. The minimum absolute atomic E-state index is 0.195. The standard InChI is InChI=1S/C14H19FN2OS/c1-2-19-13-4-3-12(8-13)17-14(18)9-5-10(15)7-11(16)6-9/h5-7,12-13H,2-4,8,16H2,1H3,(H,17,18). The van der Waals surface area contributed by atoms with Gasteiger partial charge in [0.15, 0.2) is 0 Å². The summed E-state index contributed by atoms with van der Waals surface area (Å²) in [6.07, 6.45) is 3.12. The number of hydrogen-bond acceptors (Lipinski definition) is 3. The Bertz CT molecular complexity index is 447. The first-order valence-corrected chi connectivity index (χ1v) is 7.62. The van der Waals surface area contributed by atoms with E-state index in [1.807, 2.05) is 11.8 Å². The molecule has 0 spiro atoms. The normalized spacial score (nSPS) is 22.4. The van der Waals surface area contributed by atoms with Gasteiger partial charge < -0.3 is 11.1 Å². The summed E-state index contributed by atoms with van der Waals surface area (Å²) in [5, 5.41) is 3.60. The van der Waals surface area contributed by atoms with E-state index in [0.29, 0.717) is 10.8 Å². The van der Waals surface area contributed by atoms with Crippen molar-refractivity contribution in [1.29, 1.82) is 0 Å². The van der Waals surface area contributed by atoms with Gasteiger partial charge in [-0.3, -0.25) is 4.79 Å². The van der Waals surface area contributed by atoms with Gasteiger partial charge in [0, 0.05) is 22.5 Å². The van der Waals surface area contributed by atoms with Crippen LogP contribution in [0.3, 0.4) is 0 Å². The Labute approximate surface area is 117 Å². The van der Waals surface area contributed by atoms with Crippen molar-refractivity contribution in [2.75, 3.05) is 11.5 Å². The zero-order valence-electron chi connectivity index (χ0n) is 11.0. The van der Waals surface area contributed by atoms with Crippen molar-refractivity contribution < 1.29 is 9.18 Å². The quantitative estimate of drug-likeness (QED) is 0.835. The number of thioether (sulfide) groups is 1. The zero-order valence-corrected chi connectivity index (χ0v) is 11.8.